The highest BCUT2D eigenvalue weighted by Crippen LogP contribution is 2.23. The SMILES string of the molecule is CC(C/C(N)=N/O)N(C)C(=O)c1cc(O)ccc1Cl. The largest absolute Gasteiger partial charge is 0.508 e. The third kappa shape index (κ3) is 3.75. The standard InChI is InChI=1S/C12H16ClN3O3/c1-7(5-11(14)15-19)16(2)12(18)9-6-8(17)3-4-10(9)13/h3-4,6-7,17,19H,5H2,1-2H3,(H2,14,15). The molecule has 0 heterocycles. The maximum absolute atomic E-state index is 12.2. The van der Waals surface area contributed by atoms with Crippen molar-refractivity contribution in [1.82, 2.24) is 4.90 Å². The molecule has 0 radical (unpaired) electrons. The first kappa shape index (κ1) is 15.1. The summed E-state index contributed by atoms with van der Waals surface area (Å²) in [5, 5.41) is 21.0. The van der Waals surface area contributed by atoms with E-state index in [0.717, 1.165) is 0 Å². The van der Waals surface area contributed by atoms with Gasteiger partial charge < -0.3 is 20.9 Å². The van der Waals surface area contributed by atoms with Gasteiger partial charge in [-0.25, -0.2) is 0 Å². The maximum atomic E-state index is 12.2. The second-order valence-corrected chi connectivity index (χ2v) is 4.63. The molecule has 7 heteroatoms. The molecule has 4 N–H and O–H groups in total. The van der Waals surface area contributed by atoms with Crippen LogP contribution in [0.3, 0.4) is 0 Å². The van der Waals surface area contributed by atoms with Gasteiger partial charge in [0.25, 0.3) is 5.91 Å². The number of phenolic OH excluding ortho intramolecular Hbond substituents is 1. The fraction of sp³-hybridized carbons (Fsp3) is 0.333. The van der Waals surface area contributed by atoms with Gasteiger partial charge in [0.05, 0.1) is 10.6 Å². The van der Waals surface area contributed by atoms with Gasteiger partial charge in [-0.1, -0.05) is 16.8 Å². The van der Waals surface area contributed by atoms with Crippen molar-refractivity contribution in [2.75, 3.05) is 7.05 Å². The maximum Gasteiger partial charge on any atom is 0.255 e. The molecule has 1 aromatic rings. The Hall–Kier alpha value is -1.95. The first-order valence-electron chi connectivity index (χ1n) is 5.59. The molecule has 0 bridgehead atoms. The number of rotatable bonds is 4. The number of hydrogen-bond acceptors (Lipinski definition) is 4. The molecule has 0 aliphatic carbocycles. The number of nitrogens with zero attached hydrogens (tertiary/aromatic N) is 2. The normalized spacial score (nSPS) is 13.1. The Morgan fingerprint density at radius 2 is 2.21 bits per heavy atom. The van der Waals surface area contributed by atoms with Gasteiger partial charge in [-0.3, -0.25) is 4.79 Å². The van der Waals surface area contributed by atoms with Gasteiger partial charge in [0.2, 0.25) is 0 Å². The average Bonchev–Trinajstić information content (AvgIpc) is 2.39. The number of benzene rings is 1. The summed E-state index contributed by atoms with van der Waals surface area (Å²) in [5.74, 6) is -0.349. The first-order chi connectivity index (χ1) is 8.86. The number of aromatic hydroxyl groups is 1. The quantitative estimate of drug-likeness (QED) is 0.339. The lowest BCUT2D eigenvalue weighted by atomic mass is 10.1. The monoisotopic (exact) mass is 285 g/mol. The smallest absolute Gasteiger partial charge is 0.255 e. The number of hydrogen-bond donors (Lipinski definition) is 3. The number of carbonyl (C=O) groups excluding carboxylic acids is 1. The molecule has 0 aliphatic heterocycles. The van der Waals surface area contributed by atoms with Gasteiger partial charge in [-0.2, -0.15) is 0 Å². The Kier molecular flexibility index (Phi) is 5.00. The van der Waals surface area contributed by atoms with Crippen molar-refractivity contribution in [3.8, 4) is 5.75 Å². The summed E-state index contributed by atoms with van der Waals surface area (Å²) in [7, 11) is 1.58. The summed E-state index contributed by atoms with van der Waals surface area (Å²) in [6.07, 6.45) is 0.231. The second kappa shape index (κ2) is 6.29. The molecule has 0 aromatic heterocycles. The number of carbonyl (C=O) groups is 1. The summed E-state index contributed by atoms with van der Waals surface area (Å²) in [4.78, 5) is 13.6. The van der Waals surface area contributed by atoms with Crippen LogP contribution in [0.2, 0.25) is 5.02 Å². The average molecular weight is 286 g/mol. The van der Waals surface area contributed by atoms with E-state index >= 15 is 0 Å². The first-order valence-corrected chi connectivity index (χ1v) is 5.96. The molecule has 0 aliphatic rings. The lowest BCUT2D eigenvalue weighted by Gasteiger charge is -2.25. The van der Waals surface area contributed by atoms with E-state index < -0.39 is 0 Å². The van der Waals surface area contributed by atoms with Crippen LogP contribution in [0.5, 0.6) is 5.75 Å². The topological polar surface area (TPSA) is 99.2 Å². The van der Waals surface area contributed by atoms with E-state index in [9.17, 15) is 9.90 Å². The van der Waals surface area contributed by atoms with Crippen molar-refractivity contribution < 1.29 is 15.1 Å². The number of oxime groups is 1. The summed E-state index contributed by atoms with van der Waals surface area (Å²) < 4.78 is 0. The van der Waals surface area contributed by atoms with Crippen molar-refractivity contribution in [2.45, 2.75) is 19.4 Å². The zero-order valence-corrected chi connectivity index (χ0v) is 11.4. The minimum atomic E-state index is -0.348. The van der Waals surface area contributed by atoms with Gasteiger partial charge in [-0.05, 0) is 25.1 Å². The zero-order valence-electron chi connectivity index (χ0n) is 10.7. The molecule has 6 nitrogen and oxygen atoms in total. The van der Waals surface area contributed by atoms with E-state index in [-0.39, 0.29) is 40.5 Å². The number of amidine groups is 1. The van der Waals surface area contributed by atoms with Crippen molar-refractivity contribution in [2.24, 2.45) is 10.9 Å². The lowest BCUT2D eigenvalue weighted by molar-refractivity contribution is 0.0747. The van der Waals surface area contributed by atoms with E-state index in [1.807, 2.05) is 0 Å². The highest BCUT2D eigenvalue weighted by Gasteiger charge is 2.21. The highest BCUT2D eigenvalue weighted by atomic mass is 35.5. The van der Waals surface area contributed by atoms with Crippen molar-refractivity contribution in [3.05, 3.63) is 28.8 Å². The van der Waals surface area contributed by atoms with Gasteiger partial charge >= 0.3 is 0 Å². The van der Waals surface area contributed by atoms with E-state index in [1.165, 1.54) is 23.1 Å². The summed E-state index contributed by atoms with van der Waals surface area (Å²) in [5.41, 5.74) is 5.60. The van der Waals surface area contributed by atoms with Gasteiger partial charge in [0.1, 0.15) is 11.6 Å². The second-order valence-electron chi connectivity index (χ2n) is 4.22. The van der Waals surface area contributed by atoms with Crippen LogP contribution in [0.15, 0.2) is 23.4 Å². The number of amides is 1. The Morgan fingerprint density at radius 3 is 2.79 bits per heavy atom. The molecule has 0 saturated carbocycles. The number of nitrogens with two attached hydrogens (primary N) is 1. The third-order valence-corrected chi connectivity index (χ3v) is 3.12. The van der Waals surface area contributed by atoms with Crippen molar-refractivity contribution >= 4 is 23.3 Å². The Balaban J connectivity index is 2.90. The van der Waals surface area contributed by atoms with Crippen LogP contribution in [0.1, 0.15) is 23.7 Å². The fourth-order valence-electron chi connectivity index (χ4n) is 1.55. The van der Waals surface area contributed by atoms with Gasteiger partial charge in [0.15, 0.2) is 0 Å². The summed E-state index contributed by atoms with van der Waals surface area (Å²) >= 11 is 5.93. The highest BCUT2D eigenvalue weighted by molar-refractivity contribution is 6.33. The Labute approximate surface area is 116 Å². The minimum Gasteiger partial charge on any atom is -0.508 e. The van der Waals surface area contributed by atoms with Crippen LogP contribution in [0, 0.1) is 0 Å². The molecule has 0 fully saturated rings. The molecule has 1 unspecified atom stereocenters. The van der Waals surface area contributed by atoms with Gasteiger partial charge in [0, 0.05) is 19.5 Å². The van der Waals surface area contributed by atoms with Gasteiger partial charge in [-0.15, -0.1) is 0 Å². The summed E-state index contributed by atoms with van der Waals surface area (Å²) in [6.45, 7) is 1.76. The Bertz CT molecular complexity index is 505. The predicted octanol–water partition coefficient (Wildman–Crippen LogP) is 1.64. The summed E-state index contributed by atoms with van der Waals surface area (Å²) in [6, 6.07) is 3.88. The van der Waals surface area contributed by atoms with E-state index in [1.54, 1.807) is 14.0 Å². The van der Waals surface area contributed by atoms with Crippen molar-refractivity contribution in [3.63, 3.8) is 0 Å². The zero-order chi connectivity index (χ0) is 14.6. The van der Waals surface area contributed by atoms with Crippen LogP contribution in [-0.2, 0) is 0 Å². The van der Waals surface area contributed by atoms with Crippen LogP contribution < -0.4 is 5.73 Å². The lowest BCUT2D eigenvalue weighted by Crippen LogP contribution is -2.37. The van der Waals surface area contributed by atoms with Crippen LogP contribution in [-0.4, -0.2) is 40.0 Å². The molecule has 1 atom stereocenters. The Morgan fingerprint density at radius 1 is 1.58 bits per heavy atom. The predicted molar refractivity (Wildman–Crippen MR) is 72.7 cm³/mol. The fourth-order valence-corrected chi connectivity index (χ4v) is 1.75. The molecule has 1 aromatic carbocycles. The molecular weight excluding hydrogens is 270 g/mol. The van der Waals surface area contributed by atoms with E-state index in [0.29, 0.717) is 0 Å². The minimum absolute atomic E-state index is 0.0363. The van der Waals surface area contributed by atoms with E-state index in [4.69, 9.17) is 22.5 Å². The molecular formula is C12H16ClN3O3. The van der Waals surface area contributed by atoms with Crippen molar-refractivity contribution in [1.29, 1.82) is 0 Å². The molecule has 1 rings (SSSR count). The molecule has 0 spiro atoms. The third-order valence-electron chi connectivity index (χ3n) is 2.79. The van der Waals surface area contributed by atoms with Crippen LogP contribution in [0.25, 0.3) is 0 Å². The number of halogens is 1. The number of phenols is 1. The molecule has 0 saturated heterocycles. The van der Waals surface area contributed by atoms with Crippen LogP contribution in [0.4, 0.5) is 0 Å². The van der Waals surface area contributed by atoms with E-state index in [2.05, 4.69) is 5.16 Å². The molecule has 1 amide bonds. The van der Waals surface area contributed by atoms with Crippen LogP contribution >= 0.6 is 11.6 Å². The molecule has 104 valence electrons. The molecule has 19 heavy (non-hydrogen) atoms.